The largest absolute Gasteiger partial charge is 0.466 e. The molecule has 1 unspecified atom stereocenters. The fourth-order valence-corrected chi connectivity index (χ4v) is 5.50. The fourth-order valence-electron chi connectivity index (χ4n) is 5.50. The van der Waals surface area contributed by atoms with E-state index in [0.717, 1.165) is 48.9 Å². The van der Waals surface area contributed by atoms with Crippen molar-refractivity contribution < 1.29 is 27.5 Å². The molecule has 1 heterocycles. The van der Waals surface area contributed by atoms with Crippen LogP contribution < -0.4 is 4.90 Å². The standard InChI is InChI=1S/C30H28F3NO3/c1-2-37-28(35)17-22-10-9-21-16-19(7-15-25(21)22)6-8-20-4-3-5-26-27(20)18-34(29(26)36)24-13-11-23(12-14-24)30(31,32)33/h3-5,7,11-16,22H,2,6,8-10,17-18H2,1H3. The van der Waals surface area contributed by atoms with Gasteiger partial charge in [0.2, 0.25) is 0 Å². The van der Waals surface area contributed by atoms with Gasteiger partial charge in [0.1, 0.15) is 0 Å². The predicted octanol–water partition coefficient (Wildman–Crippen LogP) is 6.63. The molecule has 0 bridgehead atoms. The van der Waals surface area contributed by atoms with Crippen molar-refractivity contribution in [1.82, 2.24) is 0 Å². The van der Waals surface area contributed by atoms with E-state index in [-0.39, 0.29) is 17.8 Å². The van der Waals surface area contributed by atoms with E-state index in [0.29, 0.717) is 30.8 Å². The van der Waals surface area contributed by atoms with Gasteiger partial charge < -0.3 is 9.64 Å². The van der Waals surface area contributed by atoms with Crippen LogP contribution >= 0.6 is 0 Å². The first-order valence-corrected chi connectivity index (χ1v) is 12.6. The second-order valence-corrected chi connectivity index (χ2v) is 9.66. The summed E-state index contributed by atoms with van der Waals surface area (Å²) in [7, 11) is 0. The van der Waals surface area contributed by atoms with Crippen molar-refractivity contribution >= 4 is 17.6 Å². The minimum atomic E-state index is -4.41. The van der Waals surface area contributed by atoms with E-state index in [9.17, 15) is 22.8 Å². The third-order valence-electron chi connectivity index (χ3n) is 7.38. The molecule has 1 atom stereocenters. The number of hydrogen-bond donors (Lipinski definition) is 0. The van der Waals surface area contributed by atoms with E-state index in [1.165, 1.54) is 33.7 Å². The van der Waals surface area contributed by atoms with Gasteiger partial charge in [-0.05, 0) is 96.7 Å². The summed E-state index contributed by atoms with van der Waals surface area (Å²) in [6.45, 7) is 2.56. The first-order chi connectivity index (χ1) is 17.7. The summed E-state index contributed by atoms with van der Waals surface area (Å²) in [4.78, 5) is 26.5. The van der Waals surface area contributed by atoms with Gasteiger partial charge in [0.25, 0.3) is 5.91 Å². The number of anilines is 1. The molecule has 0 aromatic heterocycles. The number of rotatable bonds is 7. The van der Waals surface area contributed by atoms with Gasteiger partial charge in [-0.2, -0.15) is 13.2 Å². The summed E-state index contributed by atoms with van der Waals surface area (Å²) in [5, 5.41) is 0. The molecule has 192 valence electrons. The van der Waals surface area contributed by atoms with E-state index in [1.807, 2.05) is 19.1 Å². The minimum Gasteiger partial charge on any atom is -0.466 e. The maximum atomic E-state index is 13.1. The lowest BCUT2D eigenvalue weighted by Gasteiger charge is -2.17. The lowest BCUT2D eigenvalue weighted by atomic mass is 9.94. The number of hydrogen-bond acceptors (Lipinski definition) is 3. The molecule has 3 aromatic carbocycles. The number of carbonyl (C=O) groups excluding carboxylic acids is 2. The maximum absolute atomic E-state index is 13.1. The van der Waals surface area contributed by atoms with Gasteiger partial charge >= 0.3 is 12.1 Å². The number of halogens is 3. The summed E-state index contributed by atoms with van der Waals surface area (Å²) < 4.78 is 43.9. The Morgan fingerprint density at radius 3 is 2.57 bits per heavy atom. The van der Waals surface area contributed by atoms with E-state index in [4.69, 9.17) is 4.74 Å². The summed E-state index contributed by atoms with van der Waals surface area (Å²) in [5.41, 5.74) is 6.05. The Bertz CT molecular complexity index is 1330. The van der Waals surface area contributed by atoms with Crippen molar-refractivity contribution in [3.05, 3.63) is 99.6 Å². The lowest BCUT2D eigenvalue weighted by molar-refractivity contribution is -0.143. The number of amides is 1. The van der Waals surface area contributed by atoms with Crippen LogP contribution in [0, 0.1) is 0 Å². The highest BCUT2D eigenvalue weighted by Crippen LogP contribution is 2.37. The van der Waals surface area contributed by atoms with Gasteiger partial charge in [0.05, 0.1) is 25.1 Å². The molecule has 1 aliphatic carbocycles. The molecule has 2 aliphatic rings. The van der Waals surface area contributed by atoms with Gasteiger partial charge in [-0.3, -0.25) is 9.59 Å². The molecule has 4 nitrogen and oxygen atoms in total. The molecule has 1 aliphatic heterocycles. The summed E-state index contributed by atoms with van der Waals surface area (Å²) in [6.07, 6.45) is -0.539. The average molecular weight is 508 g/mol. The Labute approximate surface area is 214 Å². The molecule has 0 spiro atoms. The van der Waals surface area contributed by atoms with Gasteiger partial charge in [-0.25, -0.2) is 0 Å². The van der Waals surface area contributed by atoms with Crippen molar-refractivity contribution in [3.63, 3.8) is 0 Å². The van der Waals surface area contributed by atoms with Crippen molar-refractivity contribution in [2.24, 2.45) is 0 Å². The number of esters is 1. The van der Waals surface area contributed by atoms with Crippen LogP contribution in [0.4, 0.5) is 18.9 Å². The highest BCUT2D eigenvalue weighted by atomic mass is 19.4. The molecule has 0 fully saturated rings. The van der Waals surface area contributed by atoms with Gasteiger partial charge in [-0.1, -0.05) is 30.3 Å². The van der Waals surface area contributed by atoms with Crippen molar-refractivity contribution in [2.75, 3.05) is 11.5 Å². The zero-order valence-electron chi connectivity index (χ0n) is 20.6. The second-order valence-electron chi connectivity index (χ2n) is 9.66. The van der Waals surface area contributed by atoms with Crippen molar-refractivity contribution in [1.29, 1.82) is 0 Å². The first kappa shape index (κ1) is 25.1. The van der Waals surface area contributed by atoms with Crippen LogP contribution in [0.1, 0.15) is 69.4 Å². The summed E-state index contributed by atoms with van der Waals surface area (Å²) in [5.74, 6) is -0.133. The van der Waals surface area contributed by atoms with Crippen molar-refractivity contribution in [3.8, 4) is 0 Å². The third-order valence-corrected chi connectivity index (χ3v) is 7.38. The van der Waals surface area contributed by atoms with Crippen LogP contribution in [0.5, 0.6) is 0 Å². The summed E-state index contributed by atoms with van der Waals surface area (Å²) in [6, 6.07) is 16.9. The number of nitrogens with zero attached hydrogens (tertiary/aromatic N) is 1. The van der Waals surface area contributed by atoms with Gasteiger partial charge in [0.15, 0.2) is 0 Å². The molecule has 0 N–H and O–H groups in total. The number of benzene rings is 3. The first-order valence-electron chi connectivity index (χ1n) is 12.6. The monoisotopic (exact) mass is 507 g/mol. The Morgan fingerprint density at radius 2 is 1.84 bits per heavy atom. The Hall–Kier alpha value is -3.61. The molecule has 7 heteroatoms. The quantitative estimate of drug-likeness (QED) is 0.337. The van der Waals surface area contributed by atoms with E-state index in [1.54, 1.807) is 6.07 Å². The molecule has 37 heavy (non-hydrogen) atoms. The SMILES string of the molecule is CCOC(=O)CC1CCc2cc(CCc3cccc4c3CN(c3ccc(C(F)(F)F)cc3)C4=O)ccc21. The molecule has 3 aromatic rings. The lowest BCUT2D eigenvalue weighted by Crippen LogP contribution is -2.23. The highest BCUT2D eigenvalue weighted by molar-refractivity contribution is 6.10. The molecule has 1 amide bonds. The molecule has 0 saturated heterocycles. The molecule has 0 saturated carbocycles. The minimum absolute atomic E-state index is 0.151. The van der Waals surface area contributed by atoms with Gasteiger partial charge in [-0.15, -0.1) is 0 Å². The van der Waals surface area contributed by atoms with Crippen LogP contribution in [0.25, 0.3) is 0 Å². The smallest absolute Gasteiger partial charge is 0.416 e. The molecule has 5 rings (SSSR count). The zero-order valence-corrected chi connectivity index (χ0v) is 20.6. The number of alkyl halides is 3. The third kappa shape index (κ3) is 5.13. The maximum Gasteiger partial charge on any atom is 0.416 e. The number of aryl methyl sites for hydroxylation is 3. The number of fused-ring (bicyclic) bond motifs is 2. The van der Waals surface area contributed by atoms with Crippen LogP contribution in [0.15, 0.2) is 60.7 Å². The molecule has 0 radical (unpaired) electrons. The van der Waals surface area contributed by atoms with Crippen LogP contribution in [-0.4, -0.2) is 18.5 Å². The van der Waals surface area contributed by atoms with E-state index < -0.39 is 11.7 Å². The van der Waals surface area contributed by atoms with Crippen LogP contribution in [0.2, 0.25) is 0 Å². The highest BCUT2D eigenvalue weighted by Gasteiger charge is 2.33. The fraction of sp³-hybridized carbons (Fsp3) is 0.333. The van der Waals surface area contributed by atoms with Gasteiger partial charge in [0, 0.05) is 11.3 Å². The van der Waals surface area contributed by atoms with Crippen molar-refractivity contribution in [2.45, 2.75) is 57.7 Å². The Morgan fingerprint density at radius 1 is 1.05 bits per heavy atom. The zero-order chi connectivity index (χ0) is 26.2. The summed E-state index contributed by atoms with van der Waals surface area (Å²) >= 11 is 0. The molecular weight excluding hydrogens is 479 g/mol. The Kier molecular flexibility index (Phi) is 6.80. The Balaban J connectivity index is 1.28. The predicted molar refractivity (Wildman–Crippen MR) is 135 cm³/mol. The van der Waals surface area contributed by atoms with Crippen LogP contribution in [-0.2, 0) is 41.5 Å². The number of carbonyl (C=O) groups is 2. The molecular formula is C30H28F3NO3. The van der Waals surface area contributed by atoms with E-state index >= 15 is 0 Å². The topological polar surface area (TPSA) is 46.6 Å². The normalized spacial score (nSPS) is 16.6. The van der Waals surface area contributed by atoms with E-state index in [2.05, 4.69) is 18.2 Å². The second kappa shape index (κ2) is 10.0. The van der Waals surface area contributed by atoms with Crippen LogP contribution in [0.3, 0.4) is 0 Å². The average Bonchev–Trinajstić information content (AvgIpc) is 3.43. The number of ether oxygens (including phenoxy) is 1.